The number of Topliss-reactive ketones (excluding diaryl/α,β-unsaturated/α-hetero) is 1. The van der Waals surface area contributed by atoms with E-state index in [2.05, 4.69) is 48.2 Å². The summed E-state index contributed by atoms with van der Waals surface area (Å²) in [5.41, 5.74) is 2.45. The fraction of sp³-hybridized carbons (Fsp3) is 0.438. The lowest BCUT2D eigenvalue weighted by atomic mass is 10.0. The minimum Gasteiger partial charge on any atom is -0.299 e. The lowest BCUT2D eigenvalue weighted by molar-refractivity contribution is -0.118. The van der Waals surface area contributed by atoms with Gasteiger partial charge < -0.3 is 0 Å². The molecule has 0 N–H and O–H groups in total. The zero-order chi connectivity index (χ0) is 14.4. The molecule has 0 amide bonds. The van der Waals surface area contributed by atoms with Gasteiger partial charge in [0.05, 0.1) is 6.42 Å². The lowest BCUT2D eigenvalue weighted by Crippen LogP contribution is -2.11. The molecule has 2 aromatic rings. The summed E-state index contributed by atoms with van der Waals surface area (Å²) < 4.78 is 1.82. The molecule has 0 aliphatic heterocycles. The molecule has 4 heteroatoms. The number of benzene rings is 1. The number of rotatable bonds is 7. The van der Waals surface area contributed by atoms with E-state index in [0.717, 1.165) is 25.2 Å². The van der Waals surface area contributed by atoms with Crippen molar-refractivity contribution < 1.29 is 4.79 Å². The highest BCUT2D eigenvalue weighted by Gasteiger charge is 2.10. The van der Waals surface area contributed by atoms with E-state index < -0.39 is 0 Å². The molecular formula is C16H21N3O. The monoisotopic (exact) mass is 271 g/mol. The molecule has 4 nitrogen and oxygen atoms in total. The van der Waals surface area contributed by atoms with Crippen LogP contribution in [0.1, 0.15) is 36.7 Å². The van der Waals surface area contributed by atoms with Gasteiger partial charge in [-0.05, 0) is 25.3 Å². The maximum absolute atomic E-state index is 12.0. The predicted octanol–water partition coefficient (Wildman–Crippen LogP) is 2.74. The molecule has 0 radical (unpaired) electrons. The highest BCUT2D eigenvalue weighted by Crippen LogP contribution is 2.07. The van der Waals surface area contributed by atoms with Crippen LogP contribution in [0.5, 0.6) is 0 Å². The first-order valence-electron chi connectivity index (χ1n) is 7.13. The van der Waals surface area contributed by atoms with Crippen LogP contribution in [0.25, 0.3) is 0 Å². The molecule has 0 saturated heterocycles. The van der Waals surface area contributed by atoms with Crippen molar-refractivity contribution in [1.29, 1.82) is 0 Å². The largest absolute Gasteiger partial charge is 0.299 e. The van der Waals surface area contributed by atoms with Gasteiger partial charge >= 0.3 is 0 Å². The van der Waals surface area contributed by atoms with Crippen LogP contribution in [0.15, 0.2) is 30.6 Å². The van der Waals surface area contributed by atoms with E-state index in [1.807, 2.05) is 4.68 Å². The van der Waals surface area contributed by atoms with Crippen molar-refractivity contribution in [2.45, 2.75) is 46.1 Å². The average molecular weight is 271 g/mol. The molecule has 106 valence electrons. The fourth-order valence-corrected chi connectivity index (χ4v) is 2.13. The summed E-state index contributed by atoms with van der Waals surface area (Å²) >= 11 is 0. The molecule has 0 unspecified atom stereocenters. The van der Waals surface area contributed by atoms with Gasteiger partial charge in [-0.2, -0.15) is 5.10 Å². The zero-order valence-corrected chi connectivity index (χ0v) is 12.2. The van der Waals surface area contributed by atoms with Crippen LogP contribution in [0.2, 0.25) is 0 Å². The second-order valence-corrected chi connectivity index (χ2v) is 5.10. The summed E-state index contributed by atoms with van der Waals surface area (Å²) in [6.45, 7) is 4.97. The molecule has 1 aromatic heterocycles. The first-order valence-corrected chi connectivity index (χ1v) is 7.13. The topological polar surface area (TPSA) is 47.8 Å². The summed E-state index contributed by atoms with van der Waals surface area (Å²) in [7, 11) is 0. The van der Waals surface area contributed by atoms with Gasteiger partial charge in [-0.25, -0.2) is 9.67 Å². The van der Waals surface area contributed by atoms with Gasteiger partial charge in [0.15, 0.2) is 0 Å². The smallest absolute Gasteiger partial charge is 0.140 e. The number of hydrogen-bond donors (Lipinski definition) is 0. The third kappa shape index (κ3) is 4.02. The Bertz CT molecular complexity index is 557. The van der Waals surface area contributed by atoms with Crippen molar-refractivity contribution in [3.8, 4) is 0 Å². The molecule has 0 atom stereocenters. The van der Waals surface area contributed by atoms with Crippen molar-refractivity contribution in [2.75, 3.05) is 0 Å². The lowest BCUT2D eigenvalue weighted by Gasteiger charge is -2.04. The van der Waals surface area contributed by atoms with E-state index in [0.29, 0.717) is 12.8 Å². The minimum atomic E-state index is 0.218. The van der Waals surface area contributed by atoms with Gasteiger partial charge in [0.1, 0.15) is 17.9 Å². The quantitative estimate of drug-likeness (QED) is 0.778. The van der Waals surface area contributed by atoms with Gasteiger partial charge in [-0.15, -0.1) is 0 Å². The number of aryl methyl sites for hydroxylation is 3. The van der Waals surface area contributed by atoms with Crippen molar-refractivity contribution in [1.82, 2.24) is 14.8 Å². The van der Waals surface area contributed by atoms with Gasteiger partial charge in [0.2, 0.25) is 0 Å². The highest BCUT2D eigenvalue weighted by molar-refractivity contribution is 5.80. The summed E-state index contributed by atoms with van der Waals surface area (Å²) in [5.74, 6) is 0.997. The second kappa shape index (κ2) is 6.98. The number of ketones is 1. The Morgan fingerprint density at radius 1 is 1.25 bits per heavy atom. The van der Waals surface area contributed by atoms with E-state index in [1.54, 1.807) is 0 Å². The van der Waals surface area contributed by atoms with E-state index >= 15 is 0 Å². The molecule has 0 aliphatic rings. The molecule has 2 rings (SSSR count). The molecule has 0 bridgehead atoms. The van der Waals surface area contributed by atoms with Crippen molar-refractivity contribution in [3.05, 3.63) is 47.5 Å². The van der Waals surface area contributed by atoms with Gasteiger partial charge in [0, 0.05) is 13.0 Å². The number of carbonyl (C=O) groups excluding carboxylic acids is 1. The van der Waals surface area contributed by atoms with E-state index in [4.69, 9.17) is 0 Å². The highest BCUT2D eigenvalue weighted by atomic mass is 16.1. The maximum Gasteiger partial charge on any atom is 0.140 e. The van der Waals surface area contributed by atoms with E-state index in [-0.39, 0.29) is 5.78 Å². The minimum absolute atomic E-state index is 0.218. The van der Waals surface area contributed by atoms with Crippen molar-refractivity contribution in [2.24, 2.45) is 0 Å². The Labute approximate surface area is 119 Å². The molecule has 0 spiro atoms. The number of carbonyl (C=O) groups is 1. The second-order valence-electron chi connectivity index (χ2n) is 5.10. The third-order valence-electron chi connectivity index (χ3n) is 3.30. The maximum atomic E-state index is 12.0. The summed E-state index contributed by atoms with van der Waals surface area (Å²) in [6.07, 6.45) is 4.25. The number of hydrogen-bond acceptors (Lipinski definition) is 3. The van der Waals surface area contributed by atoms with Crippen LogP contribution >= 0.6 is 0 Å². The van der Waals surface area contributed by atoms with E-state index in [1.165, 1.54) is 17.5 Å². The van der Waals surface area contributed by atoms with Crippen molar-refractivity contribution in [3.63, 3.8) is 0 Å². The van der Waals surface area contributed by atoms with E-state index in [9.17, 15) is 4.79 Å². The number of nitrogens with zero attached hydrogens (tertiary/aromatic N) is 3. The zero-order valence-electron chi connectivity index (χ0n) is 12.2. The Kier molecular flexibility index (Phi) is 5.04. The summed E-state index contributed by atoms with van der Waals surface area (Å²) in [4.78, 5) is 16.2. The molecule has 20 heavy (non-hydrogen) atoms. The first-order chi connectivity index (χ1) is 9.69. The Hall–Kier alpha value is -1.97. The molecular weight excluding hydrogens is 250 g/mol. The first kappa shape index (κ1) is 14.4. The normalized spacial score (nSPS) is 10.7. The van der Waals surface area contributed by atoms with Crippen LogP contribution in [0.3, 0.4) is 0 Å². The van der Waals surface area contributed by atoms with Gasteiger partial charge in [-0.1, -0.05) is 36.8 Å². The standard InChI is InChI=1S/C16H21N3O/c1-3-10-19-16(17-12-18-19)11-15(20)9-8-14-6-4-13(2)5-7-14/h4-7,12H,3,8-11H2,1-2H3. The Morgan fingerprint density at radius 2 is 2.00 bits per heavy atom. The molecule has 0 saturated carbocycles. The molecule has 1 aromatic carbocycles. The summed E-state index contributed by atoms with van der Waals surface area (Å²) in [6, 6.07) is 8.33. The average Bonchev–Trinajstić information content (AvgIpc) is 2.86. The third-order valence-corrected chi connectivity index (χ3v) is 3.30. The van der Waals surface area contributed by atoms with Crippen molar-refractivity contribution >= 4 is 5.78 Å². The van der Waals surface area contributed by atoms with Crippen LogP contribution in [0, 0.1) is 6.92 Å². The van der Waals surface area contributed by atoms with Gasteiger partial charge in [-0.3, -0.25) is 4.79 Å². The fourth-order valence-electron chi connectivity index (χ4n) is 2.13. The molecule has 0 aliphatic carbocycles. The number of aromatic nitrogens is 3. The molecule has 1 heterocycles. The van der Waals surface area contributed by atoms with Crippen LogP contribution < -0.4 is 0 Å². The molecule has 0 fully saturated rings. The van der Waals surface area contributed by atoms with Gasteiger partial charge in [0.25, 0.3) is 0 Å². The van der Waals surface area contributed by atoms with Crippen LogP contribution in [-0.2, 0) is 24.2 Å². The van der Waals surface area contributed by atoms with Crippen LogP contribution in [0.4, 0.5) is 0 Å². The summed E-state index contributed by atoms with van der Waals surface area (Å²) in [5, 5.41) is 4.14. The Morgan fingerprint density at radius 3 is 2.70 bits per heavy atom. The Balaban J connectivity index is 1.86. The SMILES string of the molecule is CCCn1ncnc1CC(=O)CCc1ccc(C)cc1. The van der Waals surface area contributed by atoms with Crippen LogP contribution in [-0.4, -0.2) is 20.5 Å². The predicted molar refractivity (Wildman–Crippen MR) is 78.5 cm³/mol.